The van der Waals surface area contributed by atoms with Crippen LogP contribution >= 0.6 is 11.3 Å². The molecule has 138 valence electrons. The largest absolute Gasteiger partial charge is 0.383 e. The molecule has 27 heavy (non-hydrogen) atoms. The van der Waals surface area contributed by atoms with Crippen molar-refractivity contribution in [3.05, 3.63) is 76.7 Å². The van der Waals surface area contributed by atoms with E-state index in [4.69, 9.17) is 0 Å². The first-order valence-corrected chi connectivity index (χ1v) is 9.58. The standard InChI is InChI=1S/C21H19FN2O2S/c1-14-23-18(19(27-14)15-5-3-2-4-6-15)20(25)24-12-11-21(26,13-24)16-7-9-17(22)10-8-16/h2-10,26H,11-13H2,1H3. The number of aryl methyl sites for hydroxylation is 1. The van der Waals surface area contributed by atoms with E-state index in [1.54, 1.807) is 17.0 Å². The van der Waals surface area contributed by atoms with Crippen LogP contribution < -0.4 is 0 Å². The second-order valence-electron chi connectivity index (χ2n) is 6.79. The summed E-state index contributed by atoms with van der Waals surface area (Å²) >= 11 is 1.49. The van der Waals surface area contributed by atoms with Crippen molar-refractivity contribution in [2.75, 3.05) is 13.1 Å². The molecule has 1 atom stereocenters. The number of benzene rings is 2. The number of amides is 1. The van der Waals surface area contributed by atoms with Gasteiger partial charge in [-0.25, -0.2) is 9.37 Å². The molecule has 4 rings (SSSR count). The quantitative estimate of drug-likeness (QED) is 0.745. The maximum atomic E-state index is 13.2. The molecule has 2 aromatic carbocycles. The molecule has 0 aliphatic carbocycles. The summed E-state index contributed by atoms with van der Waals surface area (Å²) in [6.45, 7) is 2.48. The van der Waals surface area contributed by atoms with Crippen LogP contribution in [-0.4, -0.2) is 34.0 Å². The first-order chi connectivity index (χ1) is 13.0. The van der Waals surface area contributed by atoms with Gasteiger partial charge in [-0.05, 0) is 36.6 Å². The smallest absolute Gasteiger partial charge is 0.274 e. The molecule has 0 radical (unpaired) electrons. The van der Waals surface area contributed by atoms with Crippen molar-refractivity contribution in [3.63, 3.8) is 0 Å². The SMILES string of the molecule is Cc1nc(C(=O)N2CCC(O)(c3ccc(F)cc3)C2)c(-c2ccccc2)s1. The molecule has 1 N–H and O–H groups in total. The molecule has 4 nitrogen and oxygen atoms in total. The lowest BCUT2D eigenvalue weighted by molar-refractivity contribution is 0.0415. The Morgan fingerprint density at radius 1 is 1.19 bits per heavy atom. The Hall–Kier alpha value is -2.57. The third-order valence-electron chi connectivity index (χ3n) is 4.89. The summed E-state index contributed by atoms with van der Waals surface area (Å²) in [5, 5.41) is 11.8. The van der Waals surface area contributed by atoms with E-state index >= 15 is 0 Å². The molecule has 1 aromatic heterocycles. The fourth-order valence-electron chi connectivity index (χ4n) is 3.47. The minimum Gasteiger partial charge on any atom is -0.383 e. The molecule has 1 aliphatic rings. The molecule has 3 aromatic rings. The van der Waals surface area contributed by atoms with Crippen LogP contribution in [0, 0.1) is 12.7 Å². The van der Waals surface area contributed by atoms with Gasteiger partial charge in [0.1, 0.15) is 17.1 Å². The number of likely N-dealkylation sites (tertiary alicyclic amines) is 1. The van der Waals surface area contributed by atoms with Gasteiger partial charge in [0.05, 0.1) is 16.4 Å². The van der Waals surface area contributed by atoms with Gasteiger partial charge < -0.3 is 10.0 Å². The van der Waals surface area contributed by atoms with Crippen LogP contribution in [-0.2, 0) is 5.60 Å². The first-order valence-electron chi connectivity index (χ1n) is 8.77. The predicted molar refractivity (Wildman–Crippen MR) is 103 cm³/mol. The lowest BCUT2D eigenvalue weighted by Gasteiger charge is -2.24. The van der Waals surface area contributed by atoms with Gasteiger partial charge in [-0.1, -0.05) is 42.5 Å². The predicted octanol–water partition coefficient (Wildman–Crippen LogP) is 3.99. The van der Waals surface area contributed by atoms with Crippen LogP contribution in [0.2, 0.25) is 0 Å². The Balaban J connectivity index is 1.61. The number of carbonyl (C=O) groups is 1. The van der Waals surface area contributed by atoms with Gasteiger partial charge in [0.15, 0.2) is 0 Å². The Bertz CT molecular complexity index is 972. The van der Waals surface area contributed by atoms with Crippen molar-refractivity contribution in [2.45, 2.75) is 18.9 Å². The fourth-order valence-corrected chi connectivity index (χ4v) is 4.39. The van der Waals surface area contributed by atoms with Crippen molar-refractivity contribution in [1.82, 2.24) is 9.88 Å². The molecule has 2 heterocycles. The highest BCUT2D eigenvalue weighted by Crippen LogP contribution is 2.35. The molecule has 1 aliphatic heterocycles. The second-order valence-corrected chi connectivity index (χ2v) is 8.00. The van der Waals surface area contributed by atoms with E-state index < -0.39 is 5.60 Å². The van der Waals surface area contributed by atoms with Gasteiger partial charge in [0, 0.05) is 6.54 Å². The maximum absolute atomic E-state index is 13.2. The normalized spacial score (nSPS) is 19.4. The summed E-state index contributed by atoms with van der Waals surface area (Å²) in [4.78, 5) is 20.1. The van der Waals surface area contributed by atoms with Crippen LogP contribution in [0.4, 0.5) is 4.39 Å². The van der Waals surface area contributed by atoms with E-state index in [2.05, 4.69) is 4.98 Å². The van der Waals surface area contributed by atoms with Crippen LogP contribution in [0.3, 0.4) is 0 Å². The highest BCUT2D eigenvalue weighted by atomic mass is 32.1. The summed E-state index contributed by atoms with van der Waals surface area (Å²) in [5.74, 6) is -0.532. The molecule has 1 unspecified atom stereocenters. The first kappa shape index (κ1) is 17.8. The lowest BCUT2D eigenvalue weighted by atomic mass is 9.93. The monoisotopic (exact) mass is 382 g/mol. The van der Waals surface area contributed by atoms with Crippen molar-refractivity contribution in [3.8, 4) is 10.4 Å². The van der Waals surface area contributed by atoms with Crippen LogP contribution in [0.1, 0.15) is 27.5 Å². The van der Waals surface area contributed by atoms with E-state index in [0.29, 0.717) is 24.2 Å². The van der Waals surface area contributed by atoms with Crippen molar-refractivity contribution < 1.29 is 14.3 Å². The van der Waals surface area contributed by atoms with E-state index in [0.717, 1.165) is 15.4 Å². The number of thiazole rings is 1. The number of aliphatic hydroxyl groups is 1. The average Bonchev–Trinajstić information content (AvgIpc) is 3.26. The summed E-state index contributed by atoms with van der Waals surface area (Å²) in [6, 6.07) is 15.5. The van der Waals surface area contributed by atoms with Crippen molar-refractivity contribution >= 4 is 17.2 Å². The number of nitrogens with zero attached hydrogens (tertiary/aromatic N) is 2. The van der Waals surface area contributed by atoms with E-state index in [1.807, 2.05) is 37.3 Å². The number of hydrogen-bond acceptors (Lipinski definition) is 4. The summed E-state index contributed by atoms with van der Waals surface area (Å²) in [5.41, 5.74) is 0.838. The van der Waals surface area contributed by atoms with Gasteiger partial charge in [-0.15, -0.1) is 11.3 Å². The second kappa shape index (κ2) is 6.87. The lowest BCUT2D eigenvalue weighted by Crippen LogP contribution is -2.34. The van der Waals surface area contributed by atoms with Crippen molar-refractivity contribution in [2.24, 2.45) is 0 Å². The summed E-state index contributed by atoms with van der Waals surface area (Å²) < 4.78 is 13.2. The molecule has 0 bridgehead atoms. The van der Waals surface area contributed by atoms with Gasteiger partial charge in [-0.3, -0.25) is 4.79 Å². The van der Waals surface area contributed by atoms with Gasteiger partial charge in [0.25, 0.3) is 5.91 Å². The van der Waals surface area contributed by atoms with Crippen molar-refractivity contribution in [1.29, 1.82) is 0 Å². The molecule has 1 amide bonds. The fraction of sp³-hybridized carbons (Fsp3) is 0.238. The zero-order valence-electron chi connectivity index (χ0n) is 14.9. The van der Waals surface area contributed by atoms with Crippen LogP contribution in [0.5, 0.6) is 0 Å². The zero-order valence-corrected chi connectivity index (χ0v) is 15.7. The van der Waals surface area contributed by atoms with Gasteiger partial charge in [0.2, 0.25) is 0 Å². The zero-order chi connectivity index (χ0) is 19.0. The Morgan fingerprint density at radius 2 is 1.89 bits per heavy atom. The topological polar surface area (TPSA) is 53.4 Å². The molecular formula is C21H19FN2O2S. The molecule has 0 spiro atoms. The molecule has 1 fully saturated rings. The average molecular weight is 382 g/mol. The number of β-amino-alcohol motifs (C(OH)–C–C–N with tert-alkyl or cyclic N) is 1. The van der Waals surface area contributed by atoms with Crippen LogP contribution in [0.25, 0.3) is 10.4 Å². The Morgan fingerprint density at radius 3 is 2.59 bits per heavy atom. The molecular weight excluding hydrogens is 363 g/mol. The number of rotatable bonds is 3. The summed E-state index contributed by atoms with van der Waals surface area (Å²) in [7, 11) is 0. The van der Waals surface area contributed by atoms with Gasteiger partial charge >= 0.3 is 0 Å². The van der Waals surface area contributed by atoms with Crippen LogP contribution in [0.15, 0.2) is 54.6 Å². The van der Waals surface area contributed by atoms with E-state index in [9.17, 15) is 14.3 Å². The number of carbonyl (C=O) groups excluding carboxylic acids is 1. The number of aromatic nitrogens is 1. The highest BCUT2D eigenvalue weighted by molar-refractivity contribution is 7.15. The molecule has 0 saturated carbocycles. The molecule has 6 heteroatoms. The third-order valence-corrected chi connectivity index (χ3v) is 5.91. The highest BCUT2D eigenvalue weighted by Gasteiger charge is 2.40. The summed E-state index contributed by atoms with van der Waals surface area (Å²) in [6.07, 6.45) is 0.411. The van der Waals surface area contributed by atoms with E-state index in [-0.39, 0.29) is 18.3 Å². The minimum atomic E-state index is -1.17. The third kappa shape index (κ3) is 3.38. The Kier molecular flexibility index (Phi) is 4.53. The number of halogens is 1. The Labute approximate surface area is 160 Å². The maximum Gasteiger partial charge on any atom is 0.274 e. The van der Waals surface area contributed by atoms with Gasteiger partial charge in [-0.2, -0.15) is 0 Å². The number of hydrogen-bond donors (Lipinski definition) is 1. The van der Waals surface area contributed by atoms with E-state index in [1.165, 1.54) is 23.5 Å². The minimum absolute atomic E-state index is 0.169. The molecule has 1 saturated heterocycles.